The summed E-state index contributed by atoms with van der Waals surface area (Å²) in [6, 6.07) is 2.34. The van der Waals surface area contributed by atoms with E-state index in [0.717, 1.165) is 18.9 Å². The molecule has 0 spiro atoms. The summed E-state index contributed by atoms with van der Waals surface area (Å²) in [5.74, 6) is -0.844. The van der Waals surface area contributed by atoms with Gasteiger partial charge < -0.3 is 5.73 Å². The molecule has 2 N–H and O–H groups in total. The molecule has 0 atom stereocenters. The van der Waals surface area contributed by atoms with Gasteiger partial charge in [-0.25, -0.2) is 17.8 Å². The van der Waals surface area contributed by atoms with Gasteiger partial charge in [0.2, 0.25) is 5.03 Å². The fourth-order valence-electron chi connectivity index (χ4n) is 1.75. The van der Waals surface area contributed by atoms with E-state index < -0.39 is 20.9 Å². The first kappa shape index (κ1) is 14.3. The van der Waals surface area contributed by atoms with E-state index in [1.807, 2.05) is 0 Å². The number of pyridine rings is 1. The normalized spacial score (nSPS) is 15.7. The van der Waals surface area contributed by atoms with Gasteiger partial charge in [0.25, 0.3) is 10.0 Å². The summed E-state index contributed by atoms with van der Waals surface area (Å²) >= 11 is 4.75. The highest BCUT2D eigenvalue weighted by molar-refractivity contribution is 7.89. The quantitative estimate of drug-likeness (QED) is 0.795. The number of nitrogens with zero attached hydrogens (tertiary/aromatic N) is 2. The molecular weight excluding hydrogens is 289 g/mol. The predicted molar refractivity (Wildman–Crippen MR) is 72.5 cm³/mol. The molecule has 19 heavy (non-hydrogen) atoms. The summed E-state index contributed by atoms with van der Waals surface area (Å²) < 4.78 is 39.6. The summed E-state index contributed by atoms with van der Waals surface area (Å²) in [6.45, 7) is 0.165. The summed E-state index contributed by atoms with van der Waals surface area (Å²) in [6.07, 6.45) is 3.07. The Morgan fingerprint density at radius 2 is 2.26 bits per heavy atom. The lowest BCUT2D eigenvalue weighted by Gasteiger charge is -2.21. The number of hydrogen-bond acceptors (Lipinski definition) is 4. The second-order valence-electron chi connectivity index (χ2n) is 4.35. The van der Waals surface area contributed by atoms with E-state index >= 15 is 0 Å². The van der Waals surface area contributed by atoms with Gasteiger partial charge in [0, 0.05) is 25.2 Å². The largest absolute Gasteiger partial charge is 0.393 e. The Bertz CT molecular complexity index is 587. The lowest BCUT2D eigenvalue weighted by atomic mass is 10.4. The zero-order chi connectivity index (χ0) is 14.0. The van der Waals surface area contributed by atoms with Crippen molar-refractivity contribution in [2.24, 2.45) is 5.73 Å². The van der Waals surface area contributed by atoms with Crippen molar-refractivity contribution < 1.29 is 12.8 Å². The van der Waals surface area contributed by atoms with Crippen LogP contribution in [0.2, 0.25) is 0 Å². The Morgan fingerprint density at radius 3 is 2.79 bits per heavy atom. The topological polar surface area (TPSA) is 76.3 Å². The third-order valence-corrected chi connectivity index (χ3v) is 4.90. The molecule has 1 fully saturated rings. The van der Waals surface area contributed by atoms with Crippen molar-refractivity contribution in [3.05, 3.63) is 24.1 Å². The van der Waals surface area contributed by atoms with Crippen LogP contribution in [0, 0.1) is 5.82 Å². The molecule has 0 amide bonds. The zero-order valence-electron chi connectivity index (χ0n) is 10.1. The summed E-state index contributed by atoms with van der Waals surface area (Å²) in [7, 11) is -3.93. The maximum Gasteiger partial charge on any atom is 0.263 e. The minimum absolute atomic E-state index is 0.0965. The van der Waals surface area contributed by atoms with Gasteiger partial charge in [-0.05, 0) is 25.0 Å². The van der Waals surface area contributed by atoms with Crippen LogP contribution in [-0.4, -0.2) is 35.3 Å². The summed E-state index contributed by atoms with van der Waals surface area (Å²) in [5.41, 5.74) is 5.39. The maximum atomic E-state index is 13.6. The van der Waals surface area contributed by atoms with Crippen LogP contribution in [-0.2, 0) is 10.0 Å². The molecule has 1 aromatic rings. The second kappa shape index (κ2) is 5.48. The van der Waals surface area contributed by atoms with E-state index in [9.17, 15) is 12.8 Å². The van der Waals surface area contributed by atoms with E-state index in [-0.39, 0.29) is 24.0 Å². The molecule has 0 saturated heterocycles. The van der Waals surface area contributed by atoms with Gasteiger partial charge >= 0.3 is 0 Å². The van der Waals surface area contributed by atoms with Crippen LogP contribution in [0.15, 0.2) is 23.4 Å². The molecule has 1 saturated carbocycles. The number of aromatic nitrogens is 1. The smallest absolute Gasteiger partial charge is 0.263 e. The van der Waals surface area contributed by atoms with Crippen molar-refractivity contribution in [1.29, 1.82) is 0 Å². The van der Waals surface area contributed by atoms with E-state index in [4.69, 9.17) is 18.0 Å². The molecular formula is C11H14FN3O2S2. The molecule has 0 radical (unpaired) electrons. The number of halogens is 1. The highest BCUT2D eigenvalue weighted by Gasteiger charge is 2.39. The third kappa shape index (κ3) is 3.26. The zero-order valence-corrected chi connectivity index (χ0v) is 11.8. The second-order valence-corrected chi connectivity index (χ2v) is 6.68. The monoisotopic (exact) mass is 303 g/mol. The lowest BCUT2D eigenvalue weighted by Crippen LogP contribution is -2.36. The fraction of sp³-hybridized carbons (Fsp3) is 0.455. The number of hydrogen-bond donors (Lipinski definition) is 1. The van der Waals surface area contributed by atoms with Crippen LogP contribution < -0.4 is 5.73 Å². The third-order valence-electron chi connectivity index (χ3n) is 2.81. The number of thiocarbonyl (C=S) groups is 1. The molecule has 2 rings (SSSR count). The number of nitrogens with two attached hydrogens (primary N) is 1. The van der Waals surface area contributed by atoms with Crippen LogP contribution in [0.1, 0.15) is 19.3 Å². The van der Waals surface area contributed by atoms with Gasteiger partial charge in [-0.1, -0.05) is 12.2 Å². The van der Waals surface area contributed by atoms with Gasteiger partial charge in [-0.2, -0.15) is 4.31 Å². The molecule has 0 bridgehead atoms. The van der Waals surface area contributed by atoms with E-state index in [0.29, 0.717) is 0 Å². The summed E-state index contributed by atoms with van der Waals surface area (Å²) in [4.78, 5) is 3.88. The SMILES string of the molecule is NC(=S)CCN(C1CC1)S(=O)(=O)c1ncccc1F. The fourth-order valence-corrected chi connectivity index (χ4v) is 3.51. The van der Waals surface area contributed by atoms with Gasteiger partial charge in [0.1, 0.15) is 0 Å². The molecule has 0 aliphatic heterocycles. The minimum atomic E-state index is -3.93. The van der Waals surface area contributed by atoms with E-state index in [2.05, 4.69) is 4.98 Å². The molecule has 1 heterocycles. The molecule has 1 aliphatic rings. The van der Waals surface area contributed by atoms with Crippen LogP contribution >= 0.6 is 12.2 Å². The maximum absolute atomic E-state index is 13.6. The molecule has 1 aliphatic carbocycles. The van der Waals surface area contributed by atoms with Crippen molar-refractivity contribution in [3.63, 3.8) is 0 Å². The number of sulfonamides is 1. The first-order chi connectivity index (χ1) is 8.93. The Kier molecular flexibility index (Phi) is 4.12. The van der Waals surface area contributed by atoms with Crippen molar-refractivity contribution in [1.82, 2.24) is 9.29 Å². The van der Waals surface area contributed by atoms with Crippen LogP contribution in [0.3, 0.4) is 0 Å². The lowest BCUT2D eigenvalue weighted by molar-refractivity contribution is 0.406. The van der Waals surface area contributed by atoms with Crippen LogP contribution in [0.4, 0.5) is 4.39 Å². The van der Waals surface area contributed by atoms with Gasteiger partial charge in [-0.15, -0.1) is 0 Å². The van der Waals surface area contributed by atoms with Crippen LogP contribution in [0.5, 0.6) is 0 Å². The minimum Gasteiger partial charge on any atom is -0.393 e. The highest BCUT2D eigenvalue weighted by Crippen LogP contribution is 2.32. The van der Waals surface area contributed by atoms with Gasteiger partial charge in [0.05, 0.1) is 4.99 Å². The molecule has 0 unspecified atom stereocenters. The molecule has 5 nitrogen and oxygen atoms in total. The standard InChI is InChI=1S/C11H14FN3O2S2/c12-9-2-1-6-14-11(9)19(16,17)15(8-3-4-8)7-5-10(13)18/h1-2,6,8H,3-5,7H2,(H2,13,18). The Balaban J connectivity index is 2.29. The predicted octanol–water partition coefficient (Wildman–Crippen LogP) is 1.05. The average molecular weight is 303 g/mol. The highest BCUT2D eigenvalue weighted by atomic mass is 32.2. The molecule has 0 aromatic carbocycles. The Morgan fingerprint density at radius 1 is 1.58 bits per heavy atom. The van der Waals surface area contributed by atoms with Crippen molar-refractivity contribution in [3.8, 4) is 0 Å². The first-order valence-electron chi connectivity index (χ1n) is 5.83. The van der Waals surface area contributed by atoms with Crippen LogP contribution in [0.25, 0.3) is 0 Å². The van der Waals surface area contributed by atoms with E-state index in [1.54, 1.807) is 0 Å². The average Bonchev–Trinajstić information content (AvgIpc) is 3.13. The Labute approximate surface area is 116 Å². The summed E-state index contributed by atoms with van der Waals surface area (Å²) in [5, 5.41) is -0.537. The van der Waals surface area contributed by atoms with Gasteiger partial charge in [-0.3, -0.25) is 0 Å². The number of rotatable bonds is 6. The molecule has 1 aromatic heterocycles. The van der Waals surface area contributed by atoms with Crippen molar-refractivity contribution in [2.75, 3.05) is 6.54 Å². The molecule has 104 valence electrons. The molecule has 8 heteroatoms. The van der Waals surface area contributed by atoms with Gasteiger partial charge in [0.15, 0.2) is 5.82 Å². The first-order valence-corrected chi connectivity index (χ1v) is 7.68. The van der Waals surface area contributed by atoms with E-state index in [1.165, 1.54) is 16.6 Å². The van der Waals surface area contributed by atoms with Crippen molar-refractivity contribution >= 4 is 27.2 Å². The Hall–Kier alpha value is -1.12. The van der Waals surface area contributed by atoms with Crippen molar-refractivity contribution in [2.45, 2.75) is 30.3 Å².